The summed E-state index contributed by atoms with van der Waals surface area (Å²) in [5.74, 6) is 0. The Bertz CT molecular complexity index is 4740. The Labute approximate surface area is 453 Å². The van der Waals surface area contributed by atoms with Gasteiger partial charge in [-0.1, -0.05) is 154 Å². The number of hydrogen-bond acceptors (Lipinski definition) is 4. The number of para-hydroxylation sites is 2. The van der Waals surface area contributed by atoms with E-state index in [1.807, 2.05) is 22.7 Å². The highest BCUT2D eigenvalue weighted by Crippen LogP contribution is 2.49. The third-order valence-corrected chi connectivity index (χ3v) is 18.6. The van der Waals surface area contributed by atoms with Crippen molar-refractivity contribution in [1.82, 2.24) is 4.40 Å². The molecule has 12 aromatic carbocycles. The highest BCUT2D eigenvalue weighted by molar-refractivity contribution is 7.26. The largest absolute Gasteiger partial charge is 0.309 e. The second-order valence-corrected chi connectivity index (χ2v) is 23.8. The molecule has 16 aromatic rings. The average molecular weight is 1020 g/mol. The summed E-state index contributed by atoms with van der Waals surface area (Å²) in [7, 11) is 0. The Kier molecular flexibility index (Phi) is 9.64. The van der Waals surface area contributed by atoms with Crippen molar-refractivity contribution in [3.8, 4) is 11.1 Å². The van der Waals surface area contributed by atoms with Crippen LogP contribution in [0, 0.1) is 0 Å². The predicted molar refractivity (Wildman–Crippen MR) is 335 cm³/mol. The molecule has 0 radical (unpaired) electrons. The van der Waals surface area contributed by atoms with Crippen molar-refractivity contribution in [2.75, 3.05) is 9.80 Å². The van der Waals surface area contributed by atoms with Crippen LogP contribution in [0.3, 0.4) is 0 Å². The van der Waals surface area contributed by atoms with Gasteiger partial charge in [0.25, 0.3) is 0 Å². The number of thiophene rings is 2. The Morgan fingerprint density at radius 1 is 0.325 bits per heavy atom. The van der Waals surface area contributed by atoms with Gasteiger partial charge >= 0.3 is 0 Å². The first-order valence-corrected chi connectivity index (χ1v) is 28.2. The molecule has 77 heavy (non-hydrogen) atoms. The normalized spacial score (nSPS) is 12.4. The highest BCUT2D eigenvalue weighted by Gasteiger charge is 2.24. The molecule has 0 aliphatic heterocycles. The minimum atomic E-state index is 0.0684. The molecule has 16 rings (SSSR count). The summed E-state index contributed by atoms with van der Waals surface area (Å²) in [5, 5.41) is 15.1. The van der Waals surface area contributed by atoms with Gasteiger partial charge in [-0.3, -0.25) is 0 Å². The molecule has 364 valence electrons. The molecule has 0 aliphatic rings. The maximum absolute atomic E-state index is 2.57. The Hall–Kier alpha value is -9.00. The zero-order chi connectivity index (χ0) is 51.1. The summed E-state index contributed by atoms with van der Waals surface area (Å²) in [6, 6.07) is 90.9. The van der Waals surface area contributed by atoms with E-state index in [2.05, 4.69) is 278 Å². The molecule has 0 fully saturated rings. The summed E-state index contributed by atoms with van der Waals surface area (Å²) in [6.45, 7) is 6.87. The molecule has 0 N–H and O–H groups in total. The number of benzene rings is 12. The van der Waals surface area contributed by atoms with Gasteiger partial charge in [-0.15, -0.1) is 22.7 Å². The van der Waals surface area contributed by atoms with Crippen molar-refractivity contribution in [3.05, 3.63) is 248 Å². The Morgan fingerprint density at radius 3 is 1.26 bits per heavy atom. The first-order chi connectivity index (χ1) is 37.8. The van der Waals surface area contributed by atoms with E-state index in [0.29, 0.717) is 0 Å². The molecule has 0 amide bonds. The maximum Gasteiger partial charge on any atom is 0.0640 e. The van der Waals surface area contributed by atoms with Gasteiger partial charge in [0.15, 0.2) is 0 Å². The Morgan fingerprint density at radius 2 is 0.779 bits per heavy atom. The first-order valence-electron chi connectivity index (χ1n) is 26.6. The predicted octanol–water partition coefficient (Wildman–Crippen LogP) is 21.8. The fourth-order valence-corrected chi connectivity index (χ4v) is 14.8. The van der Waals surface area contributed by atoms with Crippen molar-refractivity contribution in [2.24, 2.45) is 0 Å². The summed E-state index contributed by atoms with van der Waals surface area (Å²) >= 11 is 3.75. The van der Waals surface area contributed by atoms with Gasteiger partial charge in [0.05, 0.1) is 37.3 Å². The quantitative estimate of drug-likeness (QED) is 0.158. The van der Waals surface area contributed by atoms with Crippen LogP contribution in [0.25, 0.3) is 111 Å². The lowest BCUT2D eigenvalue weighted by Crippen LogP contribution is -2.10. The van der Waals surface area contributed by atoms with E-state index in [4.69, 9.17) is 0 Å². The fourth-order valence-electron chi connectivity index (χ4n) is 12.4. The number of rotatable bonds is 7. The molecule has 0 aliphatic carbocycles. The molecule has 4 aromatic heterocycles. The minimum Gasteiger partial charge on any atom is -0.309 e. The van der Waals surface area contributed by atoms with Crippen LogP contribution in [0.4, 0.5) is 34.1 Å². The first kappa shape index (κ1) is 44.3. The molecule has 0 unspecified atom stereocenters. The van der Waals surface area contributed by atoms with Crippen LogP contribution in [-0.4, -0.2) is 4.40 Å². The highest BCUT2D eigenvalue weighted by atomic mass is 32.1. The van der Waals surface area contributed by atoms with E-state index in [9.17, 15) is 0 Å². The number of hydrogen-bond donors (Lipinski definition) is 0. The minimum absolute atomic E-state index is 0.0684. The van der Waals surface area contributed by atoms with Crippen molar-refractivity contribution < 1.29 is 0 Å². The SMILES string of the molecule is CC(C)(C)c1ccc(-c2cc3c4cc5ccc(N(c6ccccc6)c6cccc7c6sc6ccccc67)cc5cc4n4c5cc6cc(N(c7ccccc7)c7cccc8c7sc7ccccc78)ccc6cc5c(c2)c34)cc1. The topological polar surface area (TPSA) is 10.9 Å². The molecule has 0 saturated carbocycles. The summed E-state index contributed by atoms with van der Waals surface area (Å²) in [5.41, 5.74) is 14.4. The van der Waals surface area contributed by atoms with Gasteiger partial charge in [0.1, 0.15) is 0 Å². The van der Waals surface area contributed by atoms with Gasteiger partial charge in [-0.25, -0.2) is 0 Å². The van der Waals surface area contributed by atoms with E-state index in [-0.39, 0.29) is 5.41 Å². The average Bonchev–Trinajstić information content (AvgIpc) is 4.39. The van der Waals surface area contributed by atoms with Gasteiger partial charge in [-0.2, -0.15) is 0 Å². The number of nitrogens with zero attached hydrogens (tertiary/aromatic N) is 3. The maximum atomic E-state index is 2.57. The zero-order valence-corrected chi connectivity index (χ0v) is 44.4. The molecule has 3 nitrogen and oxygen atoms in total. The molecule has 0 saturated heterocycles. The second kappa shape index (κ2) is 16.8. The van der Waals surface area contributed by atoms with Crippen LogP contribution in [0.5, 0.6) is 0 Å². The van der Waals surface area contributed by atoms with Gasteiger partial charge in [0, 0.05) is 75.2 Å². The second-order valence-electron chi connectivity index (χ2n) is 21.7. The van der Waals surface area contributed by atoms with Crippen LogP contribution in [0.15, 0.2) is 243 Å². The van der Waals surface area contributed by atoms with Gasteiger partial charge in [-0.05, 0) is 153 Å². The van der Waals surface area contributed by atoms with Crippen LogP contribution in [-0.2, 0) is 5.41 Å². The molecule has 0 atom stereocenters. The molecule has 5 heteroatoms. The summed E-state index contributed by atoms with van der Waals surface area (Å²) in [4.78, 5) is 4.90. The molecular formula is C72H49N3S2. The van der Waals surface area contributed by atoms with Crippen LogP contribution in [0.2, 0.25) is 0 Å². The van der Waals surface area contributed by atoms with Crippen molar-refractivity contribution in [3.63, 3.8) is 0 Å². The van der Waals surface area contributed by atoms with Gasteiger partial charge < -0.3 is 14.2 Å². The summed E-state index contributed by atoms with van der Waals surface area (Å²) in [6.07, 6.45) is 0. The van der Waals surface area contributed by atoms with E-state index < -0.39 is 0 Å². The number of anilines is 6. The monoisotopic (exact) mass is 1020 g/mol. The van der Waals surface area contributed by atoms with E-state index in [0.717, 1.165) is 22.7 Å². The zero-order valence-electron chi connectivity index (χ0n) is 42.8. The third-order valence-electron chi connectivity index (χ3n) is 16.2. The van der Waals surface area contributed by atoms with E-state index in [1.54, 1.807) is 0 Å². The lowest BCUT2D eigenvalue weighted by Gasteiger charge is -2.26. The van der Waals surface area contributed by atoms with E-state index >= 15 is 0 Å². The number of fused-ring (bicyclic) bond motifs is 14. The molecular weight excluding hydrogens is 971 g/mol. The fraction of sp³-hybridized carbons (Fsp3) is 0.0556. The lowest BCUT2D eigenvalue weighted by atomic mass is 9.86. The molecule has 0 bridgehead atoms. The van der Waals surface area contributed by atoms with Crippen molar-refractivity contribution in [2.45, 2.75) is 26.2 Å². The van der Waals surface area contributed by atoms with Crippen molar-refractivity contribution >= 4 is 157 Å². The lowest BCUT2D eigenvalue weighted by molar-refractivity contribution is 0.590. The van der Waals surface area contributed by atoms with Crippen LogP contribution in [0.1, 0.15) is 26.3 Å². The molecule has 4 heterocycles. The van der Waals surface area contributed by atoms with Gasteiger partial charge in [0.2, 0.25) is 0 Å². The molecule has 0 spiro atoms. The third kappa shape index (κ3) is 6.87. The van der Waals surface area contributed by atoms with Crippen LogP contribution >= 0.6 is 22.7 Å². The Balaban J connectivity index is 0.931. The standard InChI is InChI=1S/C72H49N3S2/c1-72(2,3)50-32-28-44(29-33-50)49-40-61-59-38-45-30-34-53(73(51-16-6-4-7-17-51)63-24-14-22-57-55-20-10-12-26-67(55)76-70(57)63)36-47(45)42-65(59)75-66-43-48-37-54(35-31-46(48)39-60(66)62(41-49)69(61)75)74(52-18-8-5-9-19-52)64-25-15-23-58-56-21-11-13-27-68(56)77-71(58)64/h4-43H,1-3H3. The number of aromatic nitrogens is 1. The van der Waals surface area contributed by atoms with Crippen LogP contribution < -0.4 is 9.80 Å². The summed E-state index contributed by atoms with van der Waals surface area (Å²) < 4.78 is 7.74. The van der Waals surface area contributed by atoms with E-state index in [1.165, 1.54) is 128 Å². The smallest absolute Gasteiger partial charge is 0.0640 e. The van der Waals surface area contributed by atoms with Crippen molar-refractivity contribution in [1.29, 1.82) is 0 Å².